The number of carbonyl (C=O) groups is 1. The van der Waals surface area contributed by atoms with Crippen LogP contribution in [0, 0.1) is 11.3 Å². The van der Waals surface area contributed by atoms with E-state index >= 15 is 0 Å². The van der Waals surface area contributed by atoms with Gasteiger partial charge in [-0.25, -0.2) is 4.79 Å². The zero-order chi connectivity index (χ0) is 10.8. The Bertz CT molecular complexity index is 206. The van der Waals surface area contributed by atoms with Crippen molar-refractivity contribution in [1.29, 1.82) is 0 Å². The average Bonchev–Trinajstić information content (AvgIpc) is 2.68. The van der Waals surface area contributed by atoms with Crippen molar-refractivity contribution in [2.75, 3.05) is 20.3 Å². The van der Waals surface area contributed by atoms with Crippen LogP contribution in [0.2, 0.25) is 0 Å². The molecule has 82 valence electrons. The van der Waals surface area contributed by atoms with E-state index in [1.165, 1.54) is 7.11 Å². The van der Waals surface area contributed by atoms with E-state index in [4.69, 9.17) is 4.74 Å². The zero-order valence-corrected chi connectivity index (χ0v) is 8.95. The van der Waals surface area contributed by atoms with E-state index in [1.807, 2.05) is 13.8 Å². The van der Waals surface area contributed by atoms with Gasteiger partial charge in [0.1, 0.15) is 0 Å². The maximum absolute atomic E-state index is 11.2. The highest BCUT2D eigenvalue weighted by Gasteiger charge is 2.42. The predicted octanol–water partition coefficient (Wildman–Crippen LogP) is 0.583. The number of methoxy groups -OCH3 is 1. The molecule has 2 atom stereocenters. The van der Waals surface area contributed by atoms with Gasteiger partial charge in [-0.3, -0.25) is 0 Å². The van der Waals surface area contributed by atoms with Gasteiger partial charge in [-0.2, -0.15) is 0 Å². The molecule has 0 radical (unpaired) electrons. The molecule has 0 aromatic rings. The van der Waals surface area contributed by atoms with Crippen LogP contribution < -0.4 is 0 Å². The van der Waals surface area contributed by atoms with Crippen molar-refractivity contribution >= 4 is 5.97 Å². The Balaban J connectivity index is 2.66. The predicted molar refractivity (Wildman–Crippen MR) is 50.7 cm³/mol. The van der Waals surface area contributed by atoms with Crippen LogP contribution in [0.25, 0.3) is 0 Å². The Morgan fingerprint density at radius 1 is 1.64 bits per heavy atom. The molecule has 4 heteroatoms. The van der Waals surface area contributed by atoms with Gasteiger partial charge in [-0.05, 0) is 12.3 Å². The lowest BCUT2D eigenvalue weighted by atomic mass is 9.74. The van der Waals surface area contributed by atoms with Crippen LogP contribution in [0.1, 0.15) is 20.3 Å². The van der Waals surface area contributed by atoms with E-state index < -0.39 is 17.5 Å². The Morgan fingerprint density at radius 3 is 2.71 bits per heavy atom. The number of esters is 1. The van der Waals surface area contributed by atoms with Crippen molar-refractivity contribution in [2.24, 2.45) is 11.3 Å². The topological polar surface area (TPSA) is 55.8 Å². The van der Waals surface area contributed by atoms with Gasteiger partial charge >= 0.3 is 5.97 Å². The average molecular weight is 202 g/mol. The third kappa shape index (κ3) is 2.07. The zero-order valence-electron chi connectivity index (χ0n) is 8.95. The molecular formula is C10H18O4. The molecule has 1 rings (SSSR count). The summed E-state index contributed by atoms with van der Waals surface area (Å²) in [6.45, 7) is 5.06. The van der Waals surface area contributed by atoms with Gasteiger partial charge in [-0.1, -0.05) is 13.8 Å². The molecule has 0 aromatic heterocycles. The highest BCUT2D eigenvalue weighted by molar-refractivity contribution is 5.75. The lowest BCUT2D eigenvalue weighted by Gasteiger charge is -2.33. The molecule has 0 aliphatic carbocycles. The molecule has 1 heterocycles. The highest BCUT2D eigenvalue weighted by Crippen LogP contribution is 2.36. The summed E-state index contributed by atoms with van der Waals surface area (Å²) in [7, 11) is 1.28. The third-order valence-electron chi connectivity index (χ3n) is 3.11. The molecule has 0 spiro atoms. The van der Waals surface area contributed by atoms with E-state index in [0.717, 1.165) is 6.42 Å². The molecule has 2 unspecified atom stereocenters. The van der Waals surface area contributed by atoms with E-state index in [2.05, 4.69) is 4.74 Å². The lowest BCUT2D eigenvalue weighted by molar-refractivity contribution is -0.159. The monoisotopic (exact) mass is 202 g/mol. The van der Waals surface area contributed by atoms with Crippen LogP contribution in [0.3, 0.4) is 0 Å². The van der Waals surface area contributed by atoms with Crippen LogP contribution in [-0.4, -0.2) is 37.5 Å². The molecule has 1 fully saturated rings. The first-order valence-electron chi connectivity index (χ1n) is 4.83. The van der Waals surface area contributed by atoms with E-state index in [9.17, 15) is 9.90 Å². The minimum absolute atomic E-state index is 0.219. The quantitative estimate of drug-likeness (QED) is 0.680. The van der Waals surface area contributed by atoms with Gasteiger partial charge < -0.3 is 14.6 Å². The van der Waals surface area contributed by atoms with Crippen LogP contribution in [0.4, 0.5) is 0 Å². The molecule has 1 aliphatic rings. The summed E-state index contributed by atoms with van der Waals surface area (Å²) >= 11 is 0. The summed E-state index contributed by atoms with van der Waals surface area (Å²) in [6.07, 6.45) is -0.180. The van der Waals surface area contributed by atoms with Gasteiger partial charge in [0.25, 0.3) is 0 Å². The second-order valence-corrected chi connectivity index (χ2v) is 4.31. The van der Waals surface area contributed by atoms with Gasteiger partial charge in [0.15, 0.2) is 6.10 Å². The summed E-state index contributed by atoms with van der Waals surface area (Å²) in [4.78, 5) is 11.2. The molecule has 0 amide bonds. The summed E-state index contributed by atoms with van der Waals surface area (Å²) in [5, 5.41) is 9.78. The second kappa shape index (κ2) is 4.28. The maximum atomic E-state index is 11.2. The van der Waals surface area contributed by atoms with Gasteiger partial charge in [0, 0.05) is 12.0 Å². The minimum Gasteiger partial charge on any atom is -0.467 e. The molecule has 0 bridgehead atoms. The fourth-order valence-electron chi connectivity index (χ4n) is 1.76. The lowest BCUT2D eigenvalue weighted by Crippen LogP contribution is -2.42. The van der Waals surface area contributed by atoms with Crippen LogP contribution in [0.15, 0.2) is 0 Å². The number of hydrogen-bond acceptors (Lipinski definition) is 4. The Hall–Kier alpha value is -0.610. The SMILES string of the molecule is COC(=O)C(O)C(C)(C)C1CCOC1. The number of aliphatic hydroxyl groups is 1. The van der Waals surface area contributed by atoms with Crippen molar-refractivity contribution in [3.8, 4) is 0 Å². The highest BCUT2D eigenvalue weighted by atomic mass is 16.5. The number of ether oxygens (including phenoxy) is 2. The van der Waals surface area contributed by atoms with E-state index in [1.54, 1.807) is 0 Å². The second-order valence-electron chi connectivity index (χ2n) is 4.31. The fourth-order valence-corrected chi connectivity index (χ4v) is 1.76. The van der Waals surface area contributed by atoms with E-state index in [-0.39, 0.29) is 5.92 Å². The van der Waals surface area contributed by atoms with E-state index in [0.29, 0.717) is 13.2 Å². The third-order valence-corrected chi connectivity index (χ3v) is 3.11. The van der Waals surface area contributed by atoms with Crippen molar-refractivity contribution < 1.29 is 19.4 Å². The summed E-state index contributed by atoms with van der Waals surface area (Å²) in [6, 6.07) is 0. The number of hydrogen-bond donors (Lipinski definition) is 1. The van der Waals surface area contributed by atoms with Crippen LogP contribution >= 0.6 is 0 Å². The molecule has 14 heavy (non-hydrogen) atoms. The summed E-state index contributed by atoms with van der Waals surface area (Å²) in [5.74, 6) is -0.349. The molecular weight excluding hydrogens is 184 g/mol. The molecule has 0 saturated carbocycles. The Morgan fingerprint density at radius 2 is 2.29 bits per heavy atom. The fraction of sp³-hybridized carbons (Fsp3) is 0.900. The molecule has 4 nitrogen and oxygen atoms in total. The molecule has 0 aromatic carbocycles. The van der Waals surface area contributed by atoms with Crippen LogP contribution in [0.5, 0.6) is 0 Å². The number of rotatable bonds is 3. The van der Waals surface area contributed by atoms with Crippen molar-refractivity contribution in [3.05, 3.63) is 0 Å². The largest absolute Gasteiger partial charge is 0.467 e. The minimum atomic E-state index is -1.07. The van der Waals surface area contributed by atoms with Gasteiger partial charge in [-0.15, -0.1) is 0 Å². The number of carbonyl (C=O) groups excluding carboxylic acids is 1. The smallest absolute Gasteiger partial charge is 0.335 e. The molecule has 1 saturated heterocycles. The van der Waals surface area contributed by atoms with Crippen molar-refractivity contribution in [1.82, 2.24) is 0 Å². The maximum Gasteiger partial charge on any atom is 0.335 e. The van der Waals surface area contributed by atoms with Gasteiger partial charge in [0.2, 0.25) is 0 Å². The summed E-state index contributed by atoms with van der Waals surface area (Å²) in [5.41, 5.74) is -0.483. The summed E-state index contributed by atoms with van der Waals surface area (Å²) < 4.78 is 9.77. The van der Waals surface area contributed by atoms with Crippen molar-refractivity contribution in [2.45, 2.75) is 26.4 Å². The Labute approximate surface area is 84.2 Å². The first-order valence-corrected chi connectivity index (χ1v) is 4.83. The van der Waals surface area contributed by atoms with Crippen LogP contribution in [-0.2, 0) is 14.3 Å². The standard InChI is InChI=1S/C10H18O4/c1-10(2,7-4-5-14-6-7)8(11)9(12)13-3/h7-8,11H,4-6H2,1-3H3. The normalized spacial score (nSPS) is 24.7. The first-order chi connectivity index (χ1) is 6.50. The number of aliphatic hydroxyl groups excluding tert-OH is 1. The van der Waals surface area contributed by atoms with Gasteiger partial charge in [0.05, 0.1) is 13.7 Å². The molecule has 1 N–H and O–H groups in total. The first kappa shape index (κ1) is 11.5. The van der Waals surface area contributed by atoms with Crippen molar-refractivity contribution in [3.63, 3.8) is 0 Å². The Kier molecular flexibility index (Phi) is 3.50. The molecule has 1 aliphatic heterocycles.